The van der Waals surface area contributed by atoms with Gasteiger partial charge >= 0.3 is 0 Å². The van der Waals surface area contributed by atoms with Gasteiger partial charge in [0.15, 0.2) is 0 Å². The standard InChI is InChI=1S/C16H16BrFO/c1-11-7-8-13(15(18)9-11)14(17)10-12-5-3-4-6-16(12)19-2/h3-9,14H,10H2,1-2H3. The maximum Gasteiger partial charge on any atom is 0.127 e. The first-order valence-electron chi connectivity index (χ1n) is 6.14. The van der Waals surface area contributed by atoms with Crippen LogP contribution in [0.15, 0.2) is 42.5 Å². The van der Waals surface area contributed by atoms with E-state index in [4.69, 9.17) is 4.74 Å². The third-order valence-electron chi connectivity index (χ3n) is 3.09. The average Bonchev–Trinajstić information content (AvgIpc) is 2.39. The van der Waals surface area contributed by atoms with Crippen LogP contribution in [0.3, 0.4) is 0 Å². The number of para-hydroxylation sites is 1. The molecule has 0 aliphatic rings. The second-order valence-electron chi connectivity index (χ2n) is 4.51. The minimum absolute atomic E-state index is 0.0654. The summed E-state index contributed by atoms with van der Waals surface area (Å²) in [6, 6.07) is 13.1. The summed E-state index contributed by atoms with van der Waals surface area (Å²) < 4.78 is 19.2. The Morgan fingerprint density at radius 1 is 1.21 bits per heavy atom. The molecule has 2 aromatic rings. The number of aryl methyl sites for hydroxylation is 1. The zero-order valence-corrected chi connectivity index (χ0v) is 12.6. The van der Waals surface area contributed by atoms with Gasteiger partial charge < -0.3 is 4.74 Å². The Kier molecular flexibility index (Phi) is 4.59. The molecule has 0 aliphatic carbocycles. The smallest absolute Gasteiger partial charge is 0.127 e. The normalized spacial score (nSPS) is 12.2. The van der Waals surface area contributed by atoms with E-state index in [1.807, 2.05) is 43.3 Å². The van der Waals surface area contributed by atoms with Crippen molar-refractivity contribution < 1.29 is 9.13 Å². The van der Waals surface area contributed by atoms with Gasteiger partial charge in [-0.25, -0.2) is 4.39 Å². The summed E-state index contributed by atoms with van der Waals surface area (Å²) in [7, 11) is 1.65. The van der Waals surface area contributed by atoms with E-state index < -0.39 is 0 Å². The fourth-order valence-electron chi connectivity index (χ4n) is 2.06. The molecule has 0 aliphatic heterocycles. The van der Waals surface area contributed by atoms with Gasteiger partial charge in [-0.05, 0) is 36.6 Å². The van der Waals surface area contributed by atoms with Crippen molar-refractivity contribution in [3.05, 3.63) is 65.0 Å². The largest absolute Gasteiger partial charge is 0.496 e. The Morgan fingerprint density at radius 2 is 1.95 bits per heavy atom. The van der Waals surface area contributed by atoms with Crippen molar-refractivity contribution >= 4 is 15.9 Å². The quantitative estimate of drug-likeness (QED) is 0.733. The molecule has 1 unspecified atom stereocenters. The van der Waals surface area contributed by atoms with E-state index >= 15 is 0 Å². The summed E-state index contributed by atoms with van der Waals surface area (Å²) >= 11 is 3.57. The van der Waals surface area contributed by atoms with E-state index in [0.717, 1.165) is 16.9 Å². The lowest BCUT2D eigenvalue weighted by Crippen LogP contribution is -2.00. The third-order valence-corrected chi connectivity index (χ3v) is 3.90. The highest BCUT2D eigenvalue weighted by Crippen LogP contribution is 2.32. The number of methoxy groups -OCH3 is 1. The van der Waals surface area contributed by atoms with Crippen LogP contribution < -0.4 is 4.74 Å². The highest BCUT2D eigenvalue weighted by atomic mass is 79.9. The fourth-order valence-corrected chi connectivity index (χ4v) is 2.78. The second kappa shape index (κ2) is 6.20. The van der Waals surface area contributed by atoms with E-state index in [9.17, 15) is 4.39 Å². The van der Waals surface area contributed by atoms with Crippen molar-refractivity contribution in [1.82, 2.24) is 0 Å². The van der Waals surface area contributed by atoms with Gasteiger partial charge in [-0.2, -0.15) is 0 Å². The number of hydrogen-bond acceptors (Lipinski definition) is 1. The molecule has 3 heteroatoms. The van der Waals surface area contributed by atoms with E-state index in [1.54, 1.807) is 13.2 Å². The molecule has 0 bridgehead atoms. The molecule has 2 rings (SSSR count). The number of halogens is 2. The highest BCUT2D eigenvalue weighted by molar-refractivity contribution is 9.09. The van der Waals surface area contributed by atoms with Crippen LogP contribution in [-0.2, 0) is 6.42 Å². The van der Waals surface area contributed by atoms with Crippen molar-refractivity contribution in [2.24, 2.45) is 0 Å². The lowest BCUT2D eigenvalue weighted by atomic mass is 10.0. The van der Waals surface area contributed by atoms with Crippen molar-refractivity contribution in [3.63, 3.8) is 0 Å². The topological polar surface area (TPSA) is 9.23 Å². The van der Waals surface area contributed by atoms with Crippen LogP contribution in [-0.4, -0.2) is 7.11 Å². The minimum Gasteiger partial charge on any atom is -0.496 e. The Hall–Kier alpha value is -1.35. The number of rotatable bonds is 4. The van der Waals surface area contributed by atoms with Gasteiger partial charge in [0.2, 0.25) is 0 Å². The Bertz CT molecular complexity index is 568. The predicted octanol–water partition coefficient (Wildman–Crippen LogP) is 4.82. The van der Waals surface area contributed by atoms with Gasteiger partial charge in [0.05, 0.1) is 7.11 Å². The molecule has 0 radical (unpaired) electrons. The summed E-state index contributed by atoms with van der Waals surface area (Å²) in [6.07, 6.45) is 0.685. The first-order valence-corrected chi connectivity index (χ1v) is 7.05. The van der Waals surface area contributed by atoms with Gasteiger partial charge in [-0.3, -0.25) is 0 Å². The number of ether oxygens (including phenoxy) is 1. The number of alkyl halides is 1. The molecule has 19 heavy (non-hydrogen) atoms. The maximum absolute atomic E-state index is 13.9. The number of benzene rings is 2. The number of hydrogen-bond donors (Lipinski definition) is 0. The molecule has 1 atom stereocenters. The van der Waals surface area contributed by atoms with Crippen molar-refractivity contribution in [1.29, 1.82) is 0 Å². The molecular weight excluding hydrogens is 307 g/mol. The summed E-state index contributed by atoms with van der Waals surface area (Å²) in [4.78, 5) is -0.0654. The summed E-state index contributed by atoms with van der Waals surface area (Å²) in [5.74, 6) is 0.663. The first-order chi connectivity index (χ1) is 9.11. The van der Waals surface area contributed by atoms with Gasteiger partial charge in [0.1, 0.15) is 11.6 Å². The van der Waals surface area contributed by atoms with Crippen molar-refractivity contribution in [2.75, 3.05) is 7.11 Å². The molecular formula is C16H16BrFO. The molecule has 0 amide bonds. The SMILES string of the molecule is COc1ccccc1CC(Br)c1ccc(C)cc1F. The fraction of sp³-hybridized carbons (Fsp3) is 0.250. The van der Waals surface area contributed by atoms with Crippen molar-refractivity contribution in [3.8, 4) is 5.75 Å². The molecule has 0 spiro atoms. The zero-order valence-electron chi connectivity index (χ0n) is 11.0. The van der Waals surface area contributed by atoms with E-state index in [2.05, 4.69) is 15.9 Å². The average molecular weight is 323 g/mol. The molecule has 100 valence electrons. The van der Waals surface area contributed by atoms with Crippen LogP contribution in [0, 0.1) is 12.7 Å². The molecule has 0 saturated heterocycles. The lowest BCUT2D eigenvalue weighted by molar-refractivity contribution is 0.409. The van der Waals surface area contributed by atoms with Crippen LogP contribution in [0.1, 0.15) is 21.5 Å². The predicted molar refractivity (Wildman–Crippen MR) is 79.5 cm³/mol. The molecule has 0 fully saturated rings. The Balaban J connectivity index is 2.23. The van der Waals surface area contributed by atoms with Gasteiger partial charge in [-0.15, -0.1) is 0 Å². The van der Waals surface area contributed by atoms with Crippen LogP contribution in [0.4, 0.5) is 4.39 Å². The van der Waals surface area contributed by atoms with Gasteiger partial charge in [-0.1, -0.05) is 46.3 Å². The monoisotopic (exact) mass is 322 g/mol. The summed E-state index contributed by atoms with van der Waals surface area (Å²) in [5, 5.41) is 0. The highest BCUT2D eigenvalue weighted by Gasteiger charge is 2.15. The van der Waals surface area contributed by atoms with Crippen LogP contribution >= 0.6 is 15.9 Å². The second-order valence-corrected chi connectivity index (χ2v) is 5.61. The molecule has 0 heterocycles. The van der Waals surface area contributed by atoms with E-state index in [-0.39, 0.29) is 10.6 Å². The summed E-state index contributed by atoms with van der Waals surface area (Å²) in [6.45, 7) is 1.89. The minimum atomic E-state index is -0.170. The maximum atomic E-state index is 13.9. The molecule has 1 nitrogen and oxygen atoms in total. The zero-order chi connectivity index (χ0) is 13.8. The lowest BCUT2D eigenvalue weighted by Gasteiger charge is -2.14. The summed E-state index contributed by atoms with van der Waals surface area (Å²) in [5.41, 5.74) is 2.67. The van der Waals surface area contributed by atoms with Gasteiger partial charge in [0.25, 0.3) is 0 Å². The molecule has 0 saturated carbocycles. The Morgan fingerprint density at radius 3 is 2.63 bits per heavy atom. The van der Waals surface area contributed by atoms with E-state index in [1.165, 1.54) is 0 Å². The molecule has 0 aromatic heterocycles. The van der Waals surface area contributed by atoms with Crippen LogP contribution in [0.5, 0.6) is 5.75 Å². The molecule has 2 aromatic carbocycles. The Labute approximate surface area is 121 Å². The van der Waals surface area contributed by atoms with Crippen molar-refractivity contribution in [2.45, 2.75) is 18.2 Å². The van der Waals surface area contributed by atoms with Crippen LogP contribution in [0.2, 0.25) is 0 Å². The van der Waals surface area contributed by atoms with Crippen LogP contribution in [0.25, 0.3) is 0 Å². The molecule has 0 N–H and O–H groups in total. The third kappa shape index (κ3) is 3.35. The van der Waals surface area contributed by atoms with E-state index in [0.29, 0.717) is 12.0 Å². The van der Waals surface area contributed by atoms with Gasteiger partial charge in [0, 0.05) is 10.4 Å². The first kappa shape index (κ1) is 14.1.